The highest BCUT2D eigenvalue weighted by Crippen LogP contribution is 2.50. The molecule has 0 aliphatic rings. The Hall–Kier alpha value is -6.96. The molecule has 0 atom stereocenters. The highest BCUT2D eigenvalue weighted by atomic mass is 16.3. The average molecular weight is 673 g/mol. The molecule has 246 valence electrons. The van der Waals surface area contributed by atoms with E-state index in [4.69, 9.17) is 4.42 Å². The van der Waals surface area contributed by atoms with Crippen LogP contribution >= 0.6 is 0 Å². The van der Waals surface area contributed by atoms with E-state index in [-0.39, 0.29) is 0 Å². The second-order valence-corrected chi connectivity index (χ2v) is 14.0. The maximum Gasteiger partial charge on any atom is 0.135 e. The van der Waals surface area contributed by atoms with Crippen LogP contribution in [0, 0.1) is 0 Å². The Bertz CT molecular complexity index is 3230. The number of para-hydroxylation sites is 1. The fraction of sp³-hybridized carbons (Fsp3) is 0. The van der Waals surface area contributed by atoms with Crippen LogP contribution in [0.5, 0.6) is 0 Å². The van der Waals surface area contributed by atoms with E-state index >= 15 is 0 Å². The molecule has 0 N–H and O–H groups in total. The average Bonchev–Trinajstić information content (AvgIpc) is 3.60. The summed E-state index contributed by atoms with van der Waals surface area (Å²) in [6.07, 6.45) is 0. The van der Waals surface area contributed by atoms with Crippen LogP contribution in [-0.4, -0.2) is 0 Å². The van der Waals surface area contributed by atoms with Crippen LogP contribution in [0.3, 0.4) is 0 Å². The van der Waals surface area contributed by atoms with Crippen LogP contribution in [-0.2, 0) is 0 Å². The van der Waals surface area contributed by atoms with E-state index in [0.29, 0.717) is 0 Å². The first kappa shape index (κ1) is 29.7. The molecule has 11 rings (SSSR count). The zero-order chi connectivity index (χ0) is 34.9. The van der Waals surface area contributed by atoms with Crippen LogP contribution in [0.4, 0.5) is 0 Å². The third-order valence-corrected chi connectivity index (χ3v) is 11.1. The predicted octanol–water partition coefficient (Wildman–Crippen LogP) is 14.9. The van der Waals surface area contributed by atoms with Gasteiger partial charge < -0.3 is 4.42 Å². The Balaban J connectivity index is 1.30. The number of hydrogen-bond donors (Lipinski definition) is 0. The summed E-state index contributed by atoms with van der Waals surface area (Å²) in [5.74, 6) is 0. The van der Waals surface area contributed by atoms with E-state index in [9.17, 15) is 0 Å². The van der Waals surface area contributed by atoms with Gasteiger partial charge in [0.2, 0.25) is 0 Å². The minimum Gasteiger partial charge on any atom is -0.456 e. The lowest BCUT2D eigenvalue weighted by Crippen LogP contribution is -1.95. The van der Waals surface area contributed by atoms with Crippen molar-refractivity contribution < 1.29 is 4.42 Å². The first-order valence-corrected chi connectivity index (χ1v) is 18.3. The minimum absolute atomic E-state index is 0.902. The van der Waals surface area contributed by atoms with Gasteiger partial charge in [-0.05, 0) is 112 Å². The lowest BCUT2D eigenvalue weighted by Gasteiger charge is -2.22. The van der Waals surface area contributed by atoms with Crippen molar-refractivity contribution >= 4 is 65.0 Å². The summed E-state index contributed by atoms with van der Waals surface area (Å²) in [7, 11) is 0. The summed E-state index contributed by atoms with van der Waals surface area (Å²) in [4.78, 5) is 0. The second kappa shape index (κ2) is 11.8. The fourth-order valence-electron chi connectivity index (χ4n) is 8.69. The van der Waals surface area contributed by atoms with Gasteiger partial charge in [0.15, 0.2) is 0 Å². The summed E-state index contributed by atoms with van der Waals surface area (Å²) in [5, 5.41) is 12.2. The molecular formula is C52H32O. The monoisotopic (exact) mass is 672 g/mol. The first-order valence-electron chi connectivity index (χ1n) is 18.3. The van der Waals surface area contributed by atoms with E-state index in [1.165, 1.54) is 87.6 Å². The van der Waals surface area contributed by atoms with Gasteiger partial charge in [-0.1, -0.05) is 170 Å². The Morgan fingerprint density at radius 3 is 1.68 bits per heavy atom. The molecule has 1 heteroatoms. The standard InChI is InChI=1S/C52H32O/c1-2-15-35-31-36(28-27-33(35)13-1)39-18-5-6-20-43(39)52-45-22-8-7-21-44(45)50(42-24-11-16-34-14-3-4-17-38(34)42)46-25-12-23-40(51(46)52)37-29-30-49-47(32-37)41-19-9-10-26-48(41)53-49/h1-32H. The summed E-state index contributed by atoms with van der Waals surface area (Å²) >= 11 is 0. The number of furan rings is 1. The van der Waals surface area contributed by atoms with E-state index in [1.54, 1.807) is 0 Å². The quantitative estimate of drug-likeness (QED) is 0.170. The summed E-state index contributed by atoms with van der Waals surface area (Å²) in [6, 6.07) is 70.8. The molecule has 0 amide bonds. The van der Waals surface area contributed by atoms with Gasteiger partial charge in [0, 0.05) is 10.8 Å². The predicted molar refractivity (Wildman–Crippen MR) is 225 cm³/mol. The molecule has 0 radical (unpaired) electrons. The number of rotatable bonds is 4. The molecular weight excluding hydrogens is 641 g/mol. The smallest absolute Gasteiger partial charge is 0.135 e. The van der Waals surface area contributed by atoms with Crippen molar-refractivity contribution in [1.29, 1.82) is 0 Å². The molecule has 11 aromatic rings. The van der Waals surface area contributed by atoms with Gasteiger partial charge in [-0.3, -0.25) is 0 Å². The number of fused-ring (bicyclic) bond motifs is 7. The van der Waals surface area contributed by atoms with E-state index in [1.807, 2.05) is 6.07 Å². The van der Waals surface area contributed by atoms with Crippen LogP contribution in [0.25, 0.3) is 110 Å². The molecule has 0 bridgehead atoms. The molecule has 0 aliphatic heterocycles. The Kier molecular flexibility index (Phi) is 6.62. The summed E-state index contributed by atoms with van der Waals surface area (Å²) in [6.45, 7) is 0. The zero-order valence-electron chi connectivity index (χ0n) is 28.9. The summed E-state index contributed by atoms with van der Waals surface area (Å²) < 4.78 is 6.29. The topological polar surface area (TPSA) is 13.1 Å². The molecule has 0 aliphatic carbocycles. The van der Waals surface area contributed by atoms with Crippen LogP contribution in [0.1, 0.15) is 0 Å². The first-order chi connectivity index (χ1) is 26.3. The van der Waals surface area contributed by atoms with Gasteiger partial charge in [0.1, 0.15) is 11.2 Å². The third kappa shape index (κ3) is 4.64. The third-order valence-electron chi connectivity index (χ3n) is 11.1. The van der Waals surface area contributed by atoms with Crippen molar-refractivity contribution in [3.8, 4) is 44.5 Å². The Labute approximate surface area is 307 Å². The zero-order valence-corrected chi connectivity index (χ0v) is 28.9. The molecule has 0 spiro atoms. The van der Waals surface area contributed by atoms with Gasteiger partial charge in [-0.2, -0.15) is 0 Å². The molecule has 1 heterocycles. The molecule has 0 fully saturated rings. The fourth-order valence-corrected chi connectivity index (χ4v) is 8.69. The largest absolute Gasteiger partial charge is 0.456 e. The summed E-state index contributed by atoms with van der Waals surface area (Å²) in [5.41, 5.74) is 11.6. The number of benzene rings is 10. The normalized spacial score (nSPS) is 11.8. The van der Waals surface area contributed by atoms with E-state index in [2.05, 4.69) is 188 Å². The van der Waals surface area contributed by atoms with Crippen molar-refractivity contribution in [2.75, 3.05) is 0 Å². The molecule has 0 saturated carbocycles. The van der Waals surface area contributed by atoms with Gasteiger partial charge >= 0.3 is 0 Å². The van der Waals surface area contributed by atoms with Crippen LogP contribution in [0.2, 0.25) is 0 Å². The maximum atomic E-state index is 6.29. The van der Waals surface area contributed by atoms with Crippen molar-refractivity contribution in [2.45, 2.75) is 0 Å². The van der Waals surface area contributed by atoms with Crippen molar-refractivity contribution in [2.24, 2.45) is 0 Å². The highest BCUT2D eigenvalue weighted by Gasteiger charge is 2.23. The highest BCUT2D eigenvalue weighted by molar-refractivity contribution is 6.27. The van der Waals surface area contributed by atoms with Crippen molar-refractivity contribution in [3.05, 3.63) is 194 Å². The molecule has 0 unspecified atom stereocenters. The van der Waals surface area contributed by atoms with Crippen LogP contribution in [0.15, 0.2) is 199 Å². The molecule has 53 heavy (non-hydrogen) atoms. The minimum atomic E-state index is 0.902. The molecule has 1 aromatic heterocycles. The van der Waals surface area contributed by atoms with Crippen molar-refractivity contribution in [1.82, 2.24) is 0 Å². The molecule has 0 saturated heterocycles. The number of hydrogen-bond acceptors (Lipinski definition) is 1. The van der Waals surface area contributed by atoms with E-state index in [0.717, 1.165) is 21.9 Å². The molecule has 1 nitrogen and oxygen atoms in total. The van der Waals surface area contributed by atoms with E-state index < -0.39 is 0 Å². The van der Waals surface area contributed by atoms with Gasteiger partial charge in [0.05, 0.1) is 0 Å². The second-order valence-electron chi connectivity index (χ2n) is 14.0. The maximum absolute atomic E-state index is 6.29. The lowest BCUT2D eigenvalue weighted by molar-refractivity contribution is 0.669. The van der Waals surface area contributed by atoms with Gasteiger partial charge in [0.25, 0.3) is 0 Å². The SMILES string of the molecule is c1ccc(-c2c3ccccc3c(-c3cccc4ccccc34)c3cccc(-c4ccc5oc6ccccc6c5c4)c23)c(-c2ccc3ccccc3c2)c1. The molecule has 10 aromatic carbocycles. The Morgan fingerprint density at radius 1 is 0.264 bits per heavy atom. The van der Waals surface area contributed by atoms with Gasteiger partial charge in [-0.15, -0.1) is 0 Å². The van der Waals surface area contributed by atoms with Crippen LogP contribution < -0.4 is 0 Å². The van der Waals surface area contributed by atoms with Gasteiger partial charge in [-0.25, -0.2) is 0 Å². The Morgan fingerprint density at radius 2 is 0.811 bits per heavy atom. The van der Waals surface area contributed by atoms with Crippen molar-refractivity contribution in [3.63, 3.8) is 0 Å². The lowest BCUT2D eigenvalue weighted by atomic mass is 9.80.